The summed E-state index contributed by atoms with van der Waals surface area (Å²) >= 11 is 0. The van der Waals surface area contributed by atoms with Crippen LogP contribution in [0.4, 0.5) is 0 Å². The van der Waals surface area contributed by atoms with E-state index in [1.54, 1.807) is 0 Å². The summed E-state index contributed by atoms with van der Waals surface area (Å²) in [6.07, 6.45) is 18.2. The third kappa shape index (κ3) is 16.3. The lowest BCUT2D eigenvalue weighted by Crippen LogP contribution is -2.09. The van der Waals surface area contributed by atoms with Gasteiger partial charge in [0.2, 0.25) is 0 Å². The Bertz CT molecular complexity index is 202. The number of halogens is 1. The highest BCUT2D eigenvalue weighted by molar-refractivity contribution is 14.0. The topological polar surface area (TPSA) is 3.24 Å². The Kier molecular flexibility index (Phi) is 19.5. The van der Waals surface area contributed by atoms with Crippen molar-refractivity contribution in [2.24, 2.45) is 0 Å². The molecule has 20 heavy (non-hydrogen) atoms. The molecule has 0 radical (unpaired) electrons. The maximum absolute atomic E-state index is 4.07. The Morgan fingerprint density at radius 3 is 1.40 bits per heavy atom. The molecule has 0 atom stereocenters. The molecule has 0 saturated carbocycles. The first-order valence-electron chi connectivity index (χ1n) is 8.53. The molecule has 2 heteroatoms. The predicted octanol–water partition coefficient (Wildman–Crippen LogP) is 6.77. The molecule has 0 aliphatic carbocycles. The Morgan fingerprint density at radius 1 is 0.700 bits per heavy atom. The van der Waals surface area contributed by atoms with E-state index in [9.17, 15) is 0 Å². The Balaban J connectivity index is 0. The molecule has 0 bridgehead atoms. The molecular weight excluding hydrogens is 357 g/mol. The van der Waals surface area contributed by atoms with Gasteiger partial charge in [0.05, 0.1) is 0 Å². The summed E-state index contributed by atoms with van der Waals surface area (Å²) in [6.45, 7) is 6.35. The van der Waals surface area contributed by atoms with Crippen molar-refractivity contribution in [2.75, 3.05) is 14.1 Å². The van der Waals surface area contributed by atoms with E-state index >= 15 is 0 Å². The van der Waals surface area contributed by atoms with E-state index in [-0.39, 0.29) is 24.0 Å². The molecule has 0 N–H and O–H groups in total. The lowest BCUT2D eigenvalue weighted by molar-refractivity contribution is 0.473. The van der Waals surface area contributed by atoms with Crippen LogP contribution in [-0.4, -0.2) is 19.0 Å². The molecule has 0 heterocycles. The van der Waals surface area contributed by atoms with Gasteiger partial charge in [-0.1, -0.05) is 84.1 Å². The average molecular weight is 395 g/mol. The maximum Gasteiger partial charge on any atom is 0.00579 e. The molecule has 0 fully saturated rings. The molecule has 0 aromatic carbocycles. The lowest BCUT2D eigenvalue weighted by atomic mass is 10.0. The van der Waals surface area contributed by atoms with Gasteiger partial charge >= 0.3 is 0 Å². The van der Waals surface area contributed by atoms with E-state index in [1.165, 1.54) is 89.2 Å². The van der Waals surface area contributed by atoms with Gasteiger partial charge in [-0.2, -0.15) is 0 Å². The fourth-order valence-electron chi connectivity index (χ4n) is 2.39. The molecule has 0 aromatic rings. The first kappa shape index (κ1) is 22.5. The van der Waals surface area contributed by atoms with Crippen molar-refractivity contribution in [2.45, 2.75) is 90.4 Å². The van der Waals surface area contributed by atoms with Crippen LogP contribution in [-0.2, 0) is 0 Å². The van der Waals surface area contributed by atoms with Gasteiger partial charge in [0.15, 0.2) is 0 Å². The SMILES string of the molecule is C=C(CCCCCCCCCCCCCC)N(C)C.I. The van der Waals surface area contributed by atoms with Gasteiger partial charge in [0.1, 0.15) is 0 Å². The minimum absolute atomic E-state index is 0. The van der Waals surface area contributed by atoms with E-state index in [2.05, 4.69) is 32.5 Å². The highest BCUT2D eigenvalue weighted by Gasteiger charge is 1.97. The number of rotatable bonds is 14. The number of allylic oxidation sites excluding steroid dienone is 1. The van der Waals surface area contributed by atoms with Crippen LogP contribution >= 0.6 is 24.0 Å². The third-order valence-corrected chi connectivity index (χ3v) is 3.95. The quantitative estimate of drug-likeness (QED) is 0.232. The van der Waals surface area contributed by atoms with Crippen molar-refractivity contribution >= 4 is 24.0 Å². The summed E-state index contributed by atoms with van der Waals surface area (Å²) in [5.41, 5.74) is 1.27. The highest BCUT2D eigenvalue weighted by Crippen LogP contribution is 2.14. The second-order valence-corrected chi connectivity index (χ2v) is 6.10. The maximum atomic E-state index is 4.07. The zero-order chi connectivity index (χ0) is 14.3. The number of hydrogen-bond donors (Lipinski definition) is 0. The van der Waals surface area contributed by atoms with Gasteiger partial charge in [-0.25, -0.2) is 0 Å². The molecular formula is C18H38IN. The first-order chi connectivity index (χ1) is 9.18. The van der Waals surface area contributed by atoms with Gasteiger partial charge in [0, 0.05) is 19.8 Å². The molecule has 0 spiro atoms. The summed E-state index contributed by atoms with van der Waals surface area (Å²) in [5.74, 6) is 0. The Morgan fingerprint density at radius 2 is 1.05 bits per heavy atom. The summed E-state index contributed by atoms with van der Waals surface area (Å²) in [6, 6.07) is 0. The van der Waals surface area contributed by atoms with Crippen LogP contribution in [0.3, 0.4) is 0 Å². The van der Waals surface area contributed by atoms with Crippen LogP contribution in [0.5, 0.6) is 0 Å². The summed E-state index contributed by atoms with van der Waals surface area (Å²) in [4.78, 5) is 2.14. The summed E-state index contributed by atoms with van der Waals surface area (Å²) < 4.78 is 0. The number of hydrogen-bond acceptors (Lipinski definition) is 1. The van der Waals surface area contributed by atoms with Gasteiger partial charge < -0.3 is 4.90 Å². The van der Waals surface area contributed by atoms with Crippen molar-refractivity contribution in [3.8, 4) is 0 Å². The minimum Gasteiger partial charge on any atom is -0.381 e. The molecule has 0 aliphatic rings. The largest absolute Gasteiger partial charge is 0.381 e. The molecule has 0 aliphatic heterocycles. The van der Waals surface area contributed by atoms with Crippen LogP contribution in [0.15, 0.2) is 12.3 Å². The molecule has 0 unspecified atom stereocenters. The van der Waals surface area contributed by atoms with Crippen molar-refractivity contribution in [1.29, 1.82) is 0 Å². The fourth-order valence-corrected chi connectivity index (χ4v) is 2.39. The summed E-state index contributed by atoms with van der Waals surface area (Å²) in [7, 11) is 4.17. The van der Waals surface area contributed by atoms with Crippen LogP contribution < -0.4 is 0 Å². The van der Waals surface area contributed by atoms with E-state index in [0.717, 1.165) is 0 Å². The van der Waals surface area contributed by atoms with E-state index in [0.29, 0.717) is 0 Å². The zero-order valence-electron chi connectivity index (χ0n) is 14.3. The molecule has 0 amide bonds. The lowest BCUT2D eigenvalue weighted by Gasteiger charge is -2.15. The minimum atomic E-state index is 0. The highest BCUT2D eigenvalue weighted by atomic mass is 127. The number of nitrogens with zero attached hydrogens (tertiary/aromatic N) is 1. The molecule has 0 saturated heterocycles. The Hall–Kier alpha value is 0.270. The fraction of sp³-hybridized carbons (Fsp3) is 0.889. The molecule has 122 valence electrons. The van der Waals surface area contributed by atoms with Gasteiger partial charge in [-0.05, 0) is 12.8 Å². The van der Waals surface area contributed by atoms with Crippen molar-refractivity contribution < 1.29 is 0 Å². The summed E-state index contributed by atoms with van der Waals surface area (Å²) in [5, 5.41) is 0. The van der Waals surface area contributed by atoms with Crippen molar-refractivity contribution in [1.82, 2.24) is 4.90 Å². The standard InChI is InChI=1S/C18H37N.HI/c1-5-6-7-8-9-10-11-12-13-14-15-16-17-18(2)19(3)4;/h2,5-17H2,1,3-4H3;1H. The van der Waals surface area contributed by atoms with Gasteiger partial charge in [-0.3, -0.25) is 0 Å². The van der Waals surface area contributed by atoms with Crippen LogP contribution in [0.25, 0.3) is 0 Å². The number of unbranched alkanes of at least 4 members (excludes halogenated alkanes) is 11. The van der Waals surface area contributed by atoms with Crippen molar-refractivity contribution in [3.05, 3.63) is 12.3 Å². The molecule has 1 nitrogen and oxygen atoms in total. The van der Waals surface area contributed by atoms with E-state index in [4.69, 9.17) is 0 Å². The van der Waals surface area contributed by atoms with Crippen molar-refractivity contribution in [3.63, 3.8) is 0 Å². The normalized spacial score (nSPS) is 10.2. The second kappa shape index (κ2) is 17.3. The third-order valence-electron chi connectivity index (χ3n) is 3.95. The zero-order valence-corrected chi connectivity index (χ0v) is 16.6. The monoisotopic (exact) mass is 395 g/mol. The van der Waals surface area contributed by atoms with Crippen LogP contribution in [0.1, 0.15) is 90.4 Å². The van der Waals surface area contributed by atoms with Crippen LogP contribution in [0, 0.1) is 0 Å². The van der Waals surface area contributed by atoms with E-state index in [1.807, 2.05) is 0 Å². The average Bonchev–Trinajstić information content (AvgIpc) is 2.39. The second-order valence-electron chi connectivity index (χ2n) is 6.10. The molecule has 0 rings (SSSR count). The van der Waals surface area contributed by atoms with Gasteiger partial charge in [-0.15, -0.1) is 24.0 Å². The van der Waals surface area contributed by atoms with E-state index < -0.39 is 0 Å². The predicted molar refractivity (Wildman–Crippen MR) is 104 cm³/mol. The first-order valence-corrected chi connectivity index (χ1v) is 8.53. The van der Waals surface area contributed by atoms with Crippen LogP contribution in [0.2, 0.25) is 0 Å². The van der Waals surface area contributed by atoms with Gasteiger partial charge in [0.25, 0.3) is 0 Å². The molecule has 0 aromatic heterocycles. The smallest absolute Gasteiger partial charge is 0.00579 e. The Labute approximate surface area is 145 Å².